The van der Waals surface area contributed by atoms with Crippen LogP contribution in [-0.4, -0.2) is 41.6 Å². The monoisotopic (exact) mass is 391 g/mol. The highest BCUT2D eigenvalue weighted by Gasteiger charge is 2.32. The average molecular weight is 392 g/mol. The quantitative estimate of drug-likeness (QED) is 0.847. The van der Waals surface area contributed by atoms with Gasteiger partial charge in [0.15, 0.2) is 0 Å². The molecule has 2 aliphatic rings. The molecule has 146 valence electrons. The van der Waals surface area contributed by atoms with Gasteiger partial charge in [-0.25, -0.2) is 4.39 Å². The predicted molar refractivity (Wildman–Crippen MR) is 107 cm³/mol. The van der Waals surface area contributed by atoms with Crippen molar-refractivity contribution in [3.63, 3.8) is 0 Å². The number of hydrogen-bond donors (Lipinski definition) is 1. The van der Waals surface area contributed by atoms with Gasteiger partial charge in [-0.3, -0.25) is 4.79 Å². The van der Waals surface area contributed by atoms with Gasteiger partial charge in [-0.1, -0.05) is 0 Å². The number of likely N-dealkylation sites (tertiary alicyclic amines) is 1. The van der Waals surface area contributed by atoms with Crippen LogP contribution in [0.2, 0.25) is 0 Å². The number of carbonyl (C=O) groups excluding carboxylic acids is 1. The van der Waals surface area contributed by atoms with E-state index in [0.717, 1.165) is 61.7 Å². The summed E-state index contributed by atoms with van der Waals surface area (Å²) in [7, 11) is 0. The Morgan fingerprint density at radius 3 is 2.26 bits per heavy atom. The summed E-state index contributed by atoms with van der Waals surface area (Å²) in [4.78, 5) is 15.2. The number of amides is 1. The zero-order valence-corrected chi connectivity index (χ0v) is 16.7. The Balaban J connectivity index is 0.00000210. The van der Waals surface area contributed by atoms with Gasteiger partial charge in [0.05, 0.1) is 5.56 Å². The summed E-state index contributed by atoms with van der Waals surface area (Å²) < 4.78 is 15.3. The molecule has 2 fully saturated rings. The van der Waals surface area contributed by atoms with Gasteiger partial charge in [0.25, 0.3) is 5.91 Å². The van der Waals surface area contributed by atoms with E-state index >= 15 is 0 Å². The number of halogens is 2. The number of aromatic nitrogens is 1. The van der Waals surface area contributed by atoms with Crippen molar-refractivity contribution in [2.75, 3.05) is 26.2 Å². The van der Waals surface area contributed by atoms with E-state index in [1.807, 2.05) is 29.4 Å². The van der Waals surface area contributed by atoms with Crippen molar-refractivity contribution < 1.29 is 9.18 Å². The van der Waals surface area contributed by atoms with Crippen LogP contribution in [0.1, 0.15) is 34.6 Å². The van der Waals surface area contributed by atoms with Gasteiger partial charge in [-0.2, -0.15) is 0 Å². The SMILES string of the molecule is Cc1cc(C(=O)N2CC[C@@H]3CNC[C@@H]3CC2)c(C)n1-c1ccc(F)cc1.Cl. The highest BCUT2D eigenvalue weighted by Crippen LogP contribution is 2.29. The minimum Gasteiger partial charge on any atom is -0.339 e. The molecule has 1 aromatic carbocycles. The van der Waals surface area contributed by atoms with Gasteiger partial charge in [0.1, 0.15) is 5.82 Å². The van der Waals surface area contributed by atoms with E-state index in [-0.39, 0.29) is 24.1 Å². The van der Waals surface area contributed by atoms with Crippen molar-refractivity contribution in [3.8, 4) is 5.69 Å². The van der Waals surface area contributed by atoms with Crippen molar-refractivity contribution in [1.82, 2.24) is 14.8 Å². The van der Waals surface area contributed by atoms with Crippen LogP contribution in [0.4, 0.5) is 4.39 Å². The lowest BCUT2D eigenvalue weighted by Crippen LogP contribution is -2.33. The highest BCUT2D eigenvalue weighted by molar-refractivity contribution is 5.96. The maximum atomic E-state index is 13.2. The normalized spacial score (nSPS) is 22.1. The first kappa shape index (κ1) is 19.9. The molecule has 0 unspecified atom stereocenters. The zero-order chi connectivity index (χ0) is 18.3. The first-order valence-corrected chi connectivity index (χ1v) is 9.49. The molecule has 2 aromatic rings. The van der Waals surface area contributed by atoms with Gasteiger partial charge in [-0.05, 0) is 81.9 Å². The van der Waals surface area contributed by atoms with Gasteiger partial charge >= 0.3 is 0 Å². The molecule has 0 saturated carbocycles. The summed E-state index contributed by atoms with van der Waals surface area (Å²) in [6, 6.07) is 8.39. The summed E-state index contributed by atoms with van der Waals surface area (Å²) in [5, 5.41) is 3.48. The van der Waals surface area contributed by atoms with E-state index in [1.165, 1.54) is 12.1 Å². The van der Waals surface area contributed by atoms with Crippen LogP contribution in [0.15, 0.2) is 30.3 Å². The van der Waals surface area contributed by atoms with Gasteiger partial charge in [0, 0.05) is 30.2 Å². The number of hydrogen-bond acceptors (Lipinski definition) is 2. The first-order chi connectivity index (χ1) is 12.5. The minimum absolute atomic E-state index is 0. The molecule has 0 radical (unpaired) electrons. The van der Waals surface area contributed by atoms with E-state index in [9.17, 15) is 9.18 Å². The van der Waals surface area contributed by atoms with Gasteiger partial charge < -0.3 is 14.8 Å². The second-order valence-corrected chi connectivity index (χ2v) is 7.64. The summed E-state index contributed by atoms with van der Waals surface area (Å²) in [6.07, 6.45) is 2.17. The Labute approximate surface area is 166 Å². The summed E-state index contributed by atoms with van der Waals surface area (Å²) >= 11 is 0. The van der Waals surface area contributed by atoms with E-state index < -0.39 is 0 Å². The van der Waals surface area contributed by atoms with Crippen molar-refractivity contribution in [3.05, 3.63) is 53.1 Å². The van der Waals surface area contributed by atoms with Crippen LogP contribution in [0.25, 0.3) is 5.69 Å². The van der Waals surface area contributed by atoms with E-state index in [4.69, 9.17) is 0 Å². The third-order valence-corrected chi connectivity index (χ3v) is 6.05. The first-order valence-electron chi connectivity index (χ1n) is 9.49. The van der Waals surface area contributed by atoms with Crippen LogP contribution in [0.3, 0.4) is 0 Å². The molecule has 1 aromatic heterocycles. The van der Waals surface area contributed by atoms with Crippen LogP contribution in [-0.2, 0) is 0 Å². The molecule has 1 amide bonds. The number of fused-ring (bicyclic) bond motifs is 1. The van der Waals surface area contributed by atoms with E-state index in [0.29, 0.717) is 11.8 Å². The summed E-state index contributed by atoms with van der Waals surface area (Å²) in [5.74, 6) is 1.29. The second-order valence-electron chi connectivity index (χ2n) is 7.64. The Bertz CT molecular complexity index is 804. The molecular weight excluding hydrogens is 365 g/mol. The summed E-state index contributed by atoms with van der Waals surface area (Å²) in [6.45, 7) is 7.81. The molecule has 1 N–H and O–H groups in total. The highest BCUT2D eigenvalue weighted by atomic mass is 35.5. The fourth-order valence-corrected chi connectivity index (χ4v) is 4.56. The average Bonchev–Trinajstić information content (AvgIpc) is 3.13. The minimum atomic E-state index is -0.253. The molecule has 3 heterocycles. The van der Waals surface area contributed by atoms with Crippen molar-refractivity contribution >= 4 is 18.3 Å². The zero-order valence-electron chi connectivity index (χ0n) is 15.9. The molecule has 0 aliphatic carbocycles. The molecular formula is C21H27ClFN3O. The molecule has 2 saturated heterocycles. The van der Waals surface area contributed by atoms with Crippen molar-refractivity contribution in [2.45, 2.75) is 26.7 Å². The van der Waals surface area contributed by atoms with Crippen molar-refractivity contribution in [1.29, 1.82) is 0 Å². The molecule has 0 spiro atoms. The molecule has 4 rings (SSSR count). The second kappa shape index (κ2) is 8.03. The van der Waals surface area contributed by atoms with E-state index in [1.54, 1.807) is 12.1 Å². The molecule has 2 atom stereocenters. The molecule has 4 nitrogen and oxygen atoms in total. The number of carbonyl (C=O) groups is 1. The van der Waals surface area contributed by atoms with Crippen LogP contribution in [0, 0.1) is 31.5 Å². The number of aryl methyl sites for hydroxylation is 1. The fourth-order valence-electron chi connectivity index (χ4n) is 4.56. The van der Waals surface area contributed by atoms with Crippen LogP contribution < -0.4 is 5.32 Å². The standard InChI is InChI=1S/C21H26FN3O.ClH/c1-14-11-20(15(2)25(14)19-5-3-18(22)4-6-19)21(26)24-9-7-16-12-23-13-17(16)8-10-24;/h3-6,11,16-17,23H,7-10,12-13H2,1-2H3;1H/t16-,17+;. The largest absolute Gasteiger partial charge is 0.339 e. The predicted octanol–water partition coefficient (Wildman–Crippen LogP) is 3.73. The maximum Gasteiger partial charge on any atom is 0.255 e. The topological polar surface area (TPSA) is 37.3 Å². The lowest BCUT2D eigenvalue weighted by Gasteiger charge is -2.21. The lowest BCUT2D eigenvalue weighted by molar-refractivity contribution is 0.0758. The number of benzene rings is 1. The smallest absolute Gasteiger partial charge is 0.255 e. The third kappa shape index (κ3) is 3.76. The Morgan fingerprint density at radius 2 is 1.67 bits per heavy atom. The number of rotatable bonds is 2. The Hall–Kier alpha value is -1.85. The number of nitrogens with one attached hydrogen (secondary N) is 1. The summed E-state index contributed by atoms with van der Waals surface area (Å²) in [5.41, 5.74) is 3.56. The van der Waals surface area contributed by atoms with Gasteiger partial charge in [-0.15, -0.1) is 12.4 Å². The van der Waals surface area contributed by atoms with Crippen LogP contribution >= 0.6 is 12.4 Å². The van der Waals surface area contributed by atoms with Crippen molar-refractivity contribution in [2.24, 2.45) is 11.8 Å². The van der Waals surface area contributed by atoms with Crippen LogP contribution in [0.5, 0.6) is 0 Å². The molecule has 6 heteroatoms. The maximum absolute atomic E-state index is 13.2. The number of nitrogens with zero attached hydrogens (tertiary/aromatic N) is 2. The third-order valence-electron chi connectivity index (χ3n) is 6.05. The van der Waals surface area contributed by atoms with E-state index in [2.05, 4.69) is 5.32 Å². The van der Waals surface area contributed by atoms with Gasteiger partial charge in [0.2, 0.25) is 0 Å². The lowest BCUT2D eigenvalue weighted by atomic mass is 9.92. The Kier molecular flexibility index (Phi) is 5.92. The molecule has 2 aliphatic heterocycles. The molecule has 0 bridgehead atoms. The molecule has 27 heavy (non-hydrogen) atoms. The Morgan fingerprint density at radius 1 is 1.07 bits per heavy atom. The fraction of sp³-hybridized carbons (Fsp3) is 0.476.